The second-order valence-electron chi connectivity index (χ2n) is 5.04. The molecule has 124 valence electrons. The number of para-hydroxylation sites is 1. The maximum Gasteiger partial charge on any atom is 0.229 e. The van der Waals surface area contributed by atoms with Gasteiger partial charge in [0.25, 0.3) is 0 Å². The number of fused-ring (bicyclic) bond motifs is 1. The molecule has 0 saturated carbocycles. The zero-order valence-corrected chi connectivity index (χ0v) is 13.3. The number of rotatable bonds is 4. The van der Waals surface area contributed by atoms with Crippen LogP contribution in [0, 0.1) is 5.82 Å². The van der Waals surface area contributed by atoms with Crippen LogP contribution in [0.25, 0.3) is 11.0 Å². The molecule has 0 aliphatic carbocycles. The molecule has 0 aliphatic rings. The van der Waals surface area contributed by atoms with Gasteiger partial charge in [-0.25, -0.2) is 12.8 Å². The number of sulfonamides is 1. The lowest BCUT2D eigenvalue weighted by atomic mass is 10.2. The molecule has 0 atom stereocenters. The molecule has 1 aromatic heterocycles. The van der Waals surface area contributed by atoms with Gasteiger partial charge in [0.2, 0.25) is 10.0 Å². The average molecular weight is 349 g/mol. The van der Waals surface area contributed by atoms with Crippen molar-refractivity contribution in [2.45, 2.75) is 0 Å². The van der Waals surface area contributed by atoms with E-state index in [0.29, 0.717) is 0 Å². The Bertz CT molecular complexity index is 1080. The Morgan fingerprint density at radius 3 is 2.58 bits per heavy atom. The quantitative estimate of drug-likeness (QED) is 0.782. The molecule has 6 nitrogen and oxygen atoms in total. The van der Waals surface area contributed by atoms with Crippen LogP contribution in [0.2, 0.25) is 0 Å². The van der Waals surface area contributed by atoms with Gasteiger partial charge in [-0.15, -0.1) is 0 Å². The molecule has 24 heavy (non-hydrogen) atoms. The average Bonchev–Trinajstić information content (AvgIpc) is 2.49. The third kappa shape index (κ3) is 3.38. The largest absolute Gasteiger partial charge is 0.464 e. The maximum atomic E-state index is 13.8. The van der Waals surface area contributed by atoms with Gasteiger partial charge in [0.05, 0.1) is 23.6 Å². The first-order valence-corrected chi connectivity index (χ1v) is 8.68. The number of nitrogens with one attached hydrogen (secondary N) is 1. The Kier molecular flexibility index (Phi) is 3.98. The fraction of sp³-hybridized carbons (Fsp3) is 0.0625. The fourth-order valence-electron chi connectivity index (χ4n) is 2.12. The van der Waals surface area contributed by atoms with Crippen LogP contribution in [0.3, 0.4) is 0 Å². The van der Waals surface area contributed by atoms with Crippen molar-refractivity contribution < 1.29 is 22.0 Å². The molecule has 0 amide bonds. The summed E-state index contributed by atoms with van der Waals surface area (Å²) in [6.45, 7) is 0. The molecule has 0 fully saturated rings. The third-order valence-electron chi connectivity index (χ3n) is 3.11. The summed E-state index contributed by atoms with van der Waals surface area (Å²) in [5.74, 6) is -0.742. The summed E-state index contributed by atoms with van der Waals surface area (Å²) in [7, 11) is -3.62. The van der Waals surface area contributed by atoms with Gasteiger partial charge >= 0.3 is 0 Å². The van der Waals surface area contributed by atoms with E-state index in [4.69, 9.17) is 9.15 Å². The third-order valence-corrected chi connectivity index (χ3v) is 3.70. The topological polar surface area (TPSA) is 85.6 Å². The maximum absolute atomic E-state index is 13.8. The molecule has 0 spiro atoms. The molecule has 3 rings (SSSR count). The van der Waals surface area contributed by atoms with E-state index in [1.54, 1.807) is 6.07 Å². The van der Waals surface area contributed by atoms with Crippen molar-refractivity contribution in [3.8, 4) is 11.5 Å². The van der Waals surface area contributed by atoms with E-state index < -0.39 is 15.8 Å². The minimum absolute atomic E-state index is 0.0171. The van der Waals surface area contributed by atoms with E-state index in [1.165, 1.54) is 42.7 Å². The molecule has 3 aromatic rings. The first-order chi connectivity index (χ1) is 11.3. The molecular formula is C16H12FNO5S. The van der Waals surface area contributed by atoms with Gasteiger partial charge in [0, 0.05) is 12.1 Å². The molecule has 0 unspecified atom stereocenters. The Morgan fingerprint density at radius 2 is 1.88 bits per heavy atom. The molecule has 2 aromatic carbocycles. The lowest BCUT2D eigenvalue weighted by Crippen LogP contribution is -2.11. The zero-order chi connectivity index (χ0) is 17.3. The van der Waals surface area contributed by atoms with Gasteiger partial charge in [-0.3, -0.25) is 9.52 Å². The van der Waals surface area contributed by atoms with Crippen molar-refractivity contribution in [2.24, 2.45) is 0 Å². The highest BCUT2D eigenvalue weighted by atomic mass is 32.2. The first kappa shape index (κ1) is 16.0. The second-order valence-corrected chi connectivity index (χ2v) is 6.78. The summed E-state index contributed by atoms with van der Waals surface area (Å²) in [5, 5.41) is 0.183. The first-order valence-electron chi connectivity index (χ1n) is 6.79. The predicted molar refractivity (Wildman–Crippen MR) is 87.4 cm³/mol. The van der Waals surface area contributed by atoms with Crippen LogP contribution in [-0.4, -0.2) is 14.7 Å². The highest BCUT2D eigenvalue weighted by Gasteiger charge is 2.15. The predicted octanol–water partition coefficient (Wildman–Crippen LogP) is 3.10. The Morgan fingerprint density at radius 1 is 1.12 bits per heavy atom. The fourth-order valence-corrected chi connectivity index (χ4v) is 2.68. The van der Waals surface area contributed by atoms with Gasteiger partial charge < -0.3 is 9.15 Å². The highest BCUT2D eigenvalue weighted by molar-refractivity contribution is 7.92. The van der Waals surface area contributed by atoms with E-state index in [1.807, 2.05) is 0 Å². The monoisotopic (exact) mass is 349 g/mol. The molecule has 0 radical (unpaired) electrons. The molecule has 0 bridgehead atoms. The van der Waals surface area contributed by atoms with Crippen LogP contribution >= 0.6 is 0 Å². The van der Waals surface area contributed by atoms with E-state index in [0.717, 1.165) is 6.26 Å². The summed E-state index contributed by atoms with van der Waals surface area (Å²) < 4.78 is 49.8. The van der Waals surface area contributed by atoms with E-state index in [-0.39, 0.29) is 33.6 Å². The van der Waals surface area contributed by atoms with Crippen LogP contribution in [0.4, 0.5) is 10.1 Å². The van der Waals surface area contributed by atoms with Crippen molar-refractivity contribution in [1.82, 2.24) is 0 Å². The molecule has 8 heteroatoms. The number of halogens is 1. The second kappa shape index (κ2) is 5.97. The van der Waals surface area contributed by atoms with Crippen molar-refractivity contribution >= 4 is 26.7 Å². The standard InChI is InChI=1S/C16H12FNO5S/c1-24(20,21)18-12-9-15-10(13(19)6-7-22-15)8-16(12)23-14-5-3-2-4-11(14)17/h2-9,18H,1H3. The van der Waals surface area contributed by atoms with Crippen molar-refractivity contribution in [2.75, 3.05) is 11.0 Å². The minimum Gasteiger partial charge on any atom is -0.464 e. The van der Waals surface area contributed by atoms with Gasteiger partial charge in [-0.1, -0.05) is 12.1 Å². The number of hydrogen-bond donors (Lipinski definition) is 1. The van der Waals surface area contributed by atoms with Crippen LogP contribution in [-0.2, 0) is 10.0 Å². The number of anilines is 1. The summed E-state index contributed by atoms with van der Waals surface area (Å²) in [4.78, 5) is 11.9. The van der Waals surface area contributed by atoms with Gasteiger partial charge in [0.1, 0.15) is 5.58 Å². The Labute approximate surface area is 136 Å². The lowest BCUT2D eigenvalue weighted by molar-refractivity contribution is 0.444. The van der Waals surface area contributed by atoms with Gasteiger partial charge in [0.15, 0.2) is 22.7 Å². The van der Waals surface area contributed by atoms with Crippen molar-refractivity contribution in [3.63, 3.8) is 0 Å². The molecular weight excluding hydrogens is 337 g/mol. The van der Waals surface area contributed by atoms with E-state index >= 15 is 0 Å². The normalized spacial score (nSPS) is 11.4. The molecule has 1 N–H and O–H groups in total. The Balaban J connectivity index is 2.19. The summed E-state index contributed by atoms with van der Waals surface area (Å²) in [5.41, 5.74) is -0.127. The van der Waals surface area contributed by atoms with Crippen LogP contribution in [0.1, 0.15) is 0 Å². The van der Waals surface area contributed by atoms with Crippen molar-refractivity contribution in [3.05, 3.63) is 64.8 Å². The molecule has 1 heterocycles. The number of benzene rings is 2. The summed E-state index contributed by atoms with van der Waals surface area (Å²) in [6, 6.07) is 9.49. The van der Waals surface area contributed by atoms with Crippen LogP contribution in [0.15, 0.2) is 57.9 Å². The van der Waals surface area contributed by atoms with Crippen LogP contribution < -0.4 is 14.9 Å². The van der Waals surface area contributed by atoms with E-state index in [2.05, 4.69) is 4.72 Å². The smallest absolute Gasteiger partial charge is 0.229 e. The van der Waals surface area contributed by atoms with Crippen LogP contribution in [0.5, 0.6) is 11.5 Å². The lowest BCUT2D eigenvalue weighted by Gasteiger charge is -2.13. The Hall–Kier alpha value is -2.87. The van der Waals surface area contributed by atoms with Crippen molar-refractivity contribution in [1.29, 1.82) is 0 Å². The van der Waals surface area contributed by atoms with Gasteiger partial charge in [-0.2, -0.15) is 0 Å². The number of hydrogen-bond acceptors (Lipinski definition) is 5. The summed E-state index contributed by atoms with van der Waals surface area (Å²) >= 11 is 0. The zero-order valence-electron chi connectivity index (χ0n) is 12.4. The number of ether oxygens (including phenoxy) is 1. The molecule has 0 aliphatic heterocycles. The summed E-state index contributed by atoms with van der Waals surface area (Å²) in [6.07, 6.45) is 2.16. The highest BCUT2D eigenvalue weighted by Crippen LogP contribution is 2.34. The molecule has 0 saturated heterocycles. The van der Waals surface area contributed by atoms with E-state index in [9.17, 15) is 17.6 Å². The SMILES string of the molecule is CS(=O)(=O)Nc1cc2occc(=O)c2cc1Oc1ccccc1F. The minimum atomic E-state index is -3.62. The van der Waals surface area contributed by atoms with Gasteiger partial charge in [-0.05, 0) is 18.2 Å².